The van der Waals surface area contributed by atoms with Crippen LogP contribution in [0.5, 0.6) is 0 Å². The van der Waals surface area contributed by atoms with E-state index in [4.69, 9.17) is 0 Å². The van der Waals surface area contributed by atoms with E-state index in [1.54, 1.807) is 0 Å². The van der Waals surface area contributed by atoms with Gasteiger partial charge in [-0.1, -0.05) is 18.6 Å². The van der Waals surface area contributed by atoms with Gasteiger partial charge >= 0.3 is 6.03 Å². The Balaban J connectivity index is 1.51. The quantitative estimate of drug-likeness (QED) is 0.785. The van der Waals surface area contributed by atoms with E-state index in [0.717, 1.165) is 58.3 Å². The van der Waals surface area contributed by atoms with Crippen LogP contribution in [-0.2, 0) is 0 Å². The molecule has 0 spiro atoms. The van der Waals surface area contributed by atoms with E-state index < -0.39 is 6.35 Å². The van der Waals surface area contributed by atoms with E-state index in [9.17, 15) is 9.90 Å². The first kappa shape index (κ1) is 15.4. The molecule has 3 unspecified atom stereocenters. The van der Waals surface area contributed by atoms with E-state index in [1.165, 1.54) is 12.8 Å². The fourth-order valence-corrected chi connectivity index (χ4v) is 4.44. The van der Waals surface area contributed by atoms with Gasteiger partial charge in [0.05, 0.1) is 12.1 Å². The van der Waals surface area contributed by atoms with Crippen LogP contribution in [0.3, 0.4) is 0 Å². The number of hydrazine groups is 1. The Hall–Kier alpha value is -1.11. The standard InChI is InChI=1S/C17H28N4O2/c22-16(18-9-3-1-4-10-18)20-14-7-8-15(13-14)21(20)17(23)19-11-5-2-6-12-19/h7-8,14-16,22H,1-6,9-13H2. The van der Waals surface area contributed by atoms with Crippen LogP contribution >= 0.6 is 0 Å². The van der Waals surface area contributed by atoms with Crippen LogP contribution in [0.1, 0.15) is 44.9 Å². The number of fused-ring (bicyclic) bond motifs is 2. The van der Waals surface area contributed by atoms with Crippen LogP contribution in [-0.4, -0.2) is 75.6 Å². The number of piperidine rings is 2. The molecule has 0 radical (unpaired) electrons. The molecule has 0 aromatic heterocycles. The summed E-state index contributed by atoms with van der Waals surface area (Å²) in [5, 5.41) is 14.7. The smallest absolute Gasteiger partial charge is 0.335 e. The lowest BCUT2D eigenvalue weighted by Crippen LogP contribution is -2.62. The topological polar surface area (TPSA) is 50.3 Å². The Bertz CT molecular complexity index is 471. The molecule has 23 heavy (non-hydrogen) atoms. The maximum atomic E-state index is 13.0. The van der Waals surface area contributed by atoms with Crippen molar-refractivity contribution in [2.24, 2.45) is 0 Å². The van der Waals surface area contributed by atoms with Crippen molar-refractivity contribution in [3.63, 3.8) is 0 Å². The number of carbonyl (C=O) groups is 1. The summed E-state index contributed by atoms with van der Waals surface area (Å²) in [6, 6.07) is 0.358. The van der Waals surface area contributed by atoms with Gasteiger partial charge in [-0.25, -0.2) is 9.80 Å². The molecule has 0 aromatic rings. The summed E-state index contributed by atoms with van der Waals surface area (Å²) in [6.45, 7) is 3.54. The molecule has 3 saturated heterocycles. The molecule has 3 fully saturated rings. The summed E-state index contributed by atoms with van der Waals surface area (Å²) in [5.41, 5.74) is 0. The van der Waals surface area contributed by atoms with Crippen molar-refractivity contribution in [1.82, 2.24) is 19.8 Å². The first-order valence-corrected chi connectivity index (χ1v) is 9.22. The van der Waals surface area contributed by atoms with Crippen LogP contribution in [0.2, 0.25) is 0 Å². The Labute approximate surface area is 138 Å². The third kappa shape index (κ3) is 2.77. The molecule has 4 rings (SSSR count). The summed E-state index contributed by atoms with van der Waals surface area (Å²) >= 11 is 0. The summed E-state index contributed by atoms with van der Waals surface area (Å²) < 4.78 is 0. The van der Waals surface area contributed by atoms with Gasteiger partial charge in [0.15, 0.2) is 6.35 Å². The van der Waals surface area contributed by atoms with Gasteiger partial charge in [-0.2, -0.15) is 5.01 Å². The number of likely N-dealkylation sites (tertiary alicyclic amines) is 2. The molecular weight excluding hydrogens is 292 g/mol. The molecule has 1 aliphatic carbocycles. The van der Waals surface area contributed by atoms with Crippen LogP contribution in [0.4, 0.5) is 4.79 Å². The van der Waals surface area contributed by atoms with Crippen molar-refractivity contribution in [3.05, 3.63) is 12.2 Å². The minimum absolute atomic E-state index is 0.0811. The van der Waals surface area contributed by atoms with Crippen LogP contribution < -0.4 is 0 Å². The van der Waals surface area contributed by atoms with Gasteiger partial charge < -0.3 is 10.0 Å². The second-order valence-electron chi connectivity index (χ2n) is 7.25. The van der Waals surface area contributed by atoms with Crippen molar-refractivity contribution in [2.45, 2.75) is 63.4 Å². The maximum absolute atomic E-state index is 13.0. The molecule has 2 amide bonds. The van der Waals surface area contributed by atoms with Crippen molar-refractivity contribution >= 4 is 6.03 Å². The Morgan fingerprint density at radius 1 is 0.913 bits per heavy atom. The Kier molecular flexibility index (Phi) is 4.30. The number of hydrogen-bond donors (Lipinski definition) is 1. The van der Waals surface area contributed by atoms with Gasteiger partial charge in [-0.15, -0.1) is 0 Å². The fourth-order valence-electron chi connectivity index (χ4n) is 4.44. The lowest BCUT2D eigenvalue weighted by atomic mass is 10.1. The number of carbonyl (C=O) groups excluding carboxylic acids is 1. The van der Waals surface area contributed by atoms with E-state index >= 15 is 0 Å². The minimum Gasteiger partial charge on any atom is -0.364 e. The average Bonchev–Trinajstić information content (AvgIpc) is 3.23. The average molecular weight is 320 g/mol. The second-order valence-corrected chi connectivity index (χ2v) is 7.25. The third-order valence-electron chi connectivity index (χ3n) is 5.72. The summed E-state index contributed by atoms with van der Waals surface area (Å²) in [6.07, 6.45) is 11.4. The van der Waals surface area contributed by atoms with Gasteiger partial charge in [0, 0.05) is 26.2 Å². The largest absolute Gasteiger partial charge is 0.364 e. The molecule has 6 nitrogen and oxygen atoms in total. The fraction of sp³-hybridized carbons (Fsp3) is 0.824. The normalized spacial score (nSPS) is 33.4. The Morgan fingerprint density at radius 3 is 2.22 bits per heavy atom. The van der Waals surface area contributed by atoms with Crippen molar-refractivity contribution in [3.8, 4) is 0 Å². The SMILES string of the molecule is O=C(N1CCCCC1)N1C2C=CC(C2)N1C(O)N1CCCCC1. The van der Waals surface area contributed by atoms with Gasteiger partial charge in [-0.3, -0.25) is 4.90 Å². The van der Waals surface area contributed by atoms with Gasteiger partial charge in [0.2, 0.25) is 0 Å². The minimum atomic E-state index is -0.677. The zero-order valence-electron chi connectivity index (χ0n) is 13.8. The number of hydrogen-bond acceptors (Lipinski definition) is 4. The molecule has 2 bridgehead atoms. The van der Waals surface area contributed by atoms with Crippen molar-refractivity contribution in [1.29, 1.82) is 0 Å². The number of urea groups is 1. The summed E-state index contributed by atoms with van der Waals surface area (Å²) in [5.74, 6) is 0. The molecular formula is C17H28N4O2. The summed E-state index contributed by atoms with van der Waals surface area (Å²) in [4.78, 5) is 17.1. The molecule has 3 heterocycles. The van der Waals surface area contributed by atoms with Crippen LogP contribution in [0, 0.1) is 0 Å². The van der Waals surface area contributed by atoms with Gasteiger partial charge in [0.25, 0.3) is 0 Å². The lowest BCUT2D eigenvalue weighted by Gasteiger charge is -2.45. The van der Waals surface area contributed by atoms with Crippen LogP contribution in [0.25, 0.3) is 0 Å². The highest BCUT2D eigenvalue weighted by Gasteiger charge is 2.49. The van der Waals surface area contributed by atoms with E-state index in [1.807, 2.05) is 14.9 Å². The van der Waals surface area contributed by atoms with Gasteiger partial charge in [0.1, 0.15) is 0 Å². The highest BCUT2D eigenvalue weighted by molar-refractivity contribution is 5.75. The molecule has 3 atom stereocenters. The molecule has 4 aliphatic rings. The van der Waals surface area contributed by atoms with Crippen molar-refractivity contribution in [2.75, 3.05) is 26.2 Å². The monoisotopic (exact) mass is 320 g/mol. The maximum Gasteiger partial charge on any atom is 0.335 e. The molecule has 3 aliphatic heterocycles. The molecule has 0 saturated carbocycles. The number of aliphatic hydroxyl groups is 1. The van der Waals surface area contributed by atoms with E-state index in [2.05, 4.69) is 17.1 Å². The molecule has 1 N–H and O–H groups in total. The number of amides is 2. The van der Waals surface area contributed by atoms with Crippen molar-refractivity contribution < 1.29 is 9.90 Å². The van der Waals surface area contributed by atoms with E-state index in [-0.39, 0.29) is 18.1 Å². The number of rotatable bonds is 2. The molecule has 0 aromatic carbocycles. The Morgan fingerprint density at radius 2 is 1.52 bits per heavy atom. The molecule has 128 valence electrons. The predicted octanol–water partition coefficient (Wildman–Crippen LogP) is 1.58. The van der Waals surface area contributed by atoms with E-state index in [0.29, 0.717) is 0 Å². The van der Waals surface area contributed by atoms with Crippen LogP contribution in [0.15, 0.2) is 12.2 Å². The lowest BCUT2D eigenvalue weighted by molar-refractivity contribution is -0.190. The second kappa shape index (κ2) is 6.42. The predicted molar refractivity (Wildman–Crippen MR) is 87.3 cm³/mol. The zero-order valence-corrected chi connectivity index (χ0v) is 13.8. The van der Waals surface area contributed by atoms with Gasteiger partial charge in [-0.05, 0) is 38.5 Å². The molecule has 6 heteroatoms. The zero-order chi connectivity index (χ0) is 15.8. The first-order chi connectivity index (χ1) is 11.3. The highest BCUT2D eigenvalue weighted by atomic mass is 16.3. The first-order valence-electron chi connectivity index (χ1n) is 9.22. The highest BCUT2D eigenvalue weighted by Crippen LogP contribution is 2.36. The summed E-state index contributed by atoms with van der Waals surface area (Å²) in [7, 11) is 0. The number of aliphatic hydroxyl groups excluding tert-OH is 1. The number of nitrogens with zero attached hydrogens (tertiary/aromatic N) is 4. The third-order valence-corrected chi connectivity index (χ3v) is 5.72.